The number of fused-ring (bicyclic) bond motifs is 2. The van der Waals surface area contributed by atoms with E-state index in [0.29, 0.717) is 0 Å². The number of benzene rings is 9. The van der Waals surface area contributed by atoms with E-state index in [1.54, 1.807) is 0 Å². The molecule has 0 aliphatic rings. The molecule has 303 valence electrons. The van der Waals surface area contributed by atoms with E-state index in [0.717, 1.165) is 12.1 Å². The van der Waals surface area contributed by atoms with Gasteiger partial charge in [-0.3, -0.25) is 10.1 Å². The molecule has 0 aromatic heterocycles. The Labute approximate surface area is 379 Å². The SMILES string of the molecule is O=C([O-])c1[c-]ccc([N+](=O)[O-])c1.[CH2][CH][CH2].[Ir+3].c1ccc(P(c2ccccc2)c2ccc3ccccc3c2-c2c(P(c3ccccc3)c3ccccc3)ccc3ccccc23)cc1. The van der Waals surface area contributed by atoms with Crippen LogP contribution in [0.15, 0.2) is 212 Å². The number of nitro benzene ring substituents is 1. The summed E-state index contributed by atoms with van der Waals surface area (Å²) in [5.74, 6) is -1.47. The molecule has 0 unspecified atom stereocenters. The van der Waals surface area contributed by atoms with Gasteiger partial charge in [-0.15, -0.1) is 17.7 Å². The molecular weight excluding hydrogens is 981 g/mol. The second-order valence-corrected chi connectivity index (χ2v) is 18.0. The number of aromatic carboxylic acids is 1. The first kappa shape index (κ1) is 45.4. The molecule has 0 saturated heterocycles. The Kier molecular flexibility index (Phi) is 16.2. The first-order valence-corrected chi connectivity index (χ1v) is 22.2. The third kappa shape index (κ3) is 10.5. The predicted octanol–water partition coefficient (Wildman–Crippen LogP) is 9.79. The minimum absolute atomic E-state index is 0. The van der Waals surface area contributed by atoms with Crippen LogP contribution in [0.4, 0.5) is 5.69 Å². The van der Waals surface area contributed by atoms with E-state index in [9.17, 15) is 20.0 Å². The van der Waals surface area contributed by atoms with Crippen LogP contribution in [0.25, 0.3) is 32.7 Å². The average molecular weight is 1020 g/mol. The van der Waals surface area contributed by atoms with Gasteiger partial charge in [-0.25, -0.2) is 0 Å². The summed E-state index contributed by atoms with van der Waals surface area (Å²) in [4.78, 5) is 19.7. The maximum Gasteiger partial charge on any atom is 3.00 e. The number of non-ortho nitro benzene ring substituents is 1. The molecule has 0 N–H and O–H groups in total. The van der Waals surface area contributed by atoms with Gasteiger partial charge in [0.1, 0.15) is 0 Å². The summed E-state index contributed by atoms with van der Waals surface area (Å²) in [6.07, 6.45) is 1.50. The van der Waals surface area contributed by atoms with Crippen LogP contribution in [-0.2, 0) is 20.1 Å². The third-order valence-corrected chi connectivity index (χ3v) is 14.8. The number of nitrogens with zero attached hydrogens (tertiary/aromatic N) is 1. The van der Waals surface area contributed by atoms with Gasteiger partial charge in [0, 0.05) is 4.92 Å². The summed E-state index contributed by atoms with van der Waals surface area (Å²) < 4.78 is 0. The summed E-state index contributed by atoms with van der Waals surface area (Å²) in [6, 6.07) is 77.3. The molecule has 0 fully saturated rings. The van der Waals surface area contributed by atoms with Gasteiger partial charge in [0.15, 0.2) is 5.69 Å². The van der Waals surface area contributed by atoms with Crippen LogP contribution in [0.5, 0.6) is 0 Å². The van der Waals surface area contributed by atoms with Gasteiger partial charge in [-0.2, -0.15) is 0 Å². The fourth-order valence-electron chi connectivity index (χ4n) is 7.27. The predicted molar refractivity (Wildman–Crippen MR) is 256 cm³/mol. The molecule has 0 spiro atoms. The molecule has 62 heavy (non-hydrogen) atoms. The van der Waals surface area contributed by atoms with Gasteiger partial charge in [0.2, 0.25) is 0 Å². The summed E-state index contributed by atoms with van der Waals surface area (Å²) in [6.45, 7) is 6.50. The van der Waals surface area contributed by atoms with Crippen molar-refractivity contribution >= 4 is 80.9 Å². The summed E-state index contributed by atoms with van der Waals surface area (Å²) >= 11 is 0. The molecule has 0 bridgehead atoms. The van der Waals surface area contributed by atoms with Gasteiger partial charge in [0.25, 0.3) is 0 Å². The zero-order chi connectivity index (χ0) is 42.6. The third-order valence-electron chi connectivity index (χ3n) is 9.82. The van der Waals surface area contributed by atoms with Crippen LogP contribution in [0.3, 0.4) is 0 Å². The Morgan fingerprint density at radius 1 is 0.516 bits per heavy atom. The largest absolute Gasteiger partial charge is 3.00 e. The number of carboxylic acids is 1. The zero-order valence-corrected chi connectivity index (χ0v) is 37.7. The van der Waals surface area contributed by atoms with Crippen molar-refractivity contribution in [2.45, 2.75) is 0 Å². The molecule has 9 aromatic carbocycles. The molecule has 0 heterocycles. The van der Waals surface area contributed by atoms with Gasteiger partial charge in [-0.05, 0) is 107 Å². The number of hydrogen-bond acceptors (Lipinski definition) is 4. The molecule has 0 aliphatic heterocycles. The topological polar surface area (TPSA) is 83.3 Å². The van der Waals surface area contributed by atoms with E-state index in [1.165, 1.54) is 77.0 Å². The van der Waals surface area contributed by atoms with Crippen LogP contribution < -0.4 is 36.9 Å². The smallest absolute Gasteiger partial charge is 0.603 e. The van der Waals surface area contributed by atoms with Gasteiger partial charge in [0.05, 0.1) is 0 Å². The van der Waals surface area contributed by atoms with Crippen molar-refractivity contribution in [3.8, 4) is 11.1 Å². The number of carbonyl (C=O) groups excluding carboxylic acids is 1. The van der Waals surface area contributed by atoms with E-state index < -0.39 is 26.7 Å². The summed E-state index contributed by atoms with van der Waals surface area (Å²) in [5.41, 5.74) is 2.10. The monoisotopic (exact) mass is 1020 g/mol. The molecule has 0 atom stereocenters. The zero-order valence-electron chi connectivity index (χ0n) is 33.5. The van der Waals surface area contributed by atoms with Crippen molar-refractivity contribution in [1.82, 2.24) is 0 Å². The minimum Gasteiger partial charge on any atom is -0.603 e. The number of carbonyl (C=O) groups is 1. The number of rotatable bonds is 9. The van der Waals surface area contributed by atoms with Crippen LogP contribution in [0.1, 0.15) is 10.4 Å². The van der Waals surface area contributed by atoms with Crippen molar-refractivity contribution in [1.29, 1.82) is 0 Å². The van der Waals surface area contributed by atoms with Crippen molar-refractivity contribution < 1.29 is 34.9 Å². The van der Waals surface area contributed by atoms with Gasteiger partial charge < -0.3 is 9.90 Å². The number of carboxylic acid groups (broad SMARTS) is 1. The van der Waals surface area contributed by atoms with Gasteiger partial charge >= 0.3 is 20.1 Å². The summed E-state index contributed by atoms with van der Waals surface area (Å²) in [5, 5.41) is 33.7. The molecule has 0 aliphatic carbocycles. The Balaban J connectivity index is 0.000000343. The minimum atomic E-state index is -1.47. The molecule has 3 radical (unpaired) electrons. The molecule has 9 rings (SSSR count). The maximum absolute atomic E-state index is 10.2. The normalized spacial score (nSPS) is 10.6. The van der Waals surface area contributed by atoms with Crippen LogP contribution in [0.2, 0.25) is 0 Å². The van der Waals surface area contributed by atoms with Gasteiger partial charge in [-0.1, -0.05) is 206 Å². The molecule has 8 heteroatoms. The second kappa shape index (κ2) is 22.1. The first-order valence-electron chi connectivity index (χ1n) is 19.5. The van der Waals surface area contributed by atoms with E-state index >= 15 is 0 Å². The van der Waals surface area contributed by atoms with E-state index in [2.05, 4.69) is 214 Å². The standard InChI is InChI=1S/C44H32P2.C7H4NO4.C3H5.Ir/c1-5-19-35(20-6-1)45(36-21-7-2-8-22-36)41-31-29-33-17-13-15-27-39(33)43(41)44-40-28-16-14-18-34(40)30-32-42(44)46(37-23-9-3-10-24-37)38-25-11-4-12-26-38;9-7(10)5-2-1-3-6(4-5)8(11)12;1-3-2;/h1-32H;1,3-4H,(H,9,10);3H,1-2H2;/q;-1;;+3/p-1. The van der Waals surface area contributed by atoms with Crippen molar-refractivity contribution in [2.24, 2.45) is 0 Å². The molecule has 0 amide bonds. The van der Waals surface area contributed by atoms with E-state index in [4.69, 9.17) is 0 Å². The van der Waals surface area contributed by atoms with Crippen LogP contribution >= 0.6 is 15.8 Å². The van der Waals surface area contributed by atoms with E-state index in [1.807, 2.05) is 0 Å². The Bertz CT molecular complexity index is 2610. The Morgan fingerprint density at radius 3 is 1.19 bits per heavy atom. The molecular formula is C54H40IrNO4P2+. The van der Waals surface area contributed by atoms with Crippen molar-refractivity contribution in [3.63, 3.8) is 0 Å². The maximum atomic E-state index is 10.2. The van der Waals surface area contributed by atoms with Crippen molar-refractivity contribution in [3.05, 3.63) is 254 Å². The quantitative estimate of drug-likeness (QED) is 0.0625. The molecule has 0 saturated carbocycles. The molecule has 9 aromatic rings. The molecule has 5 nitrogen and oxygen atoms in total. The van der Waals surface area contributed by atoms with E-state index in [-0.39, 0.29) is 31.4 Å². The number of hydrogen-bond donors (Lipinski definition) is 0. The van der Waals surface area contributed by atoms with Crippen LogP contribution in [-0.4, -0.2) is 10.9 Å². The Hall–Kier alpha value is -6.12. The fourth-order valence-corrected chi connectivity index (χ4v) is 12.2. The average Bonchev–Trinajstić information content (AvgIpc) is 3.31. The Morgan fingerprint density at radius 2 is 0.855 bits per heavy atom. The fraction of sp³-hybridized carbons (Fsp3) is 0. The van der Waals surface area contributed by atoms with Crippen molar-refractivity contribution in [2.75, 3.05) is 0 Å². The first-order chi connectivity index (χ1) is 29.9. The number of nitro groups is 1. The van der Waals surface area contributed by atoms with Crippen LogP contribution in [0, 0.1) is 36.4 Å². The second-order valence-electron chi connectivity index (χ2n) is 13.7. The summed E-state index contributed by atoms with van der Waals surface area (Å²) in [7, 11) is -1.70.